The van der Waals surface area contributed by atoms with Gasteiger partial charge in [0, 0.05) is 18.2 Å². The van der Waals surface area contributed by atoms with Crippen molar-refractivity contribution in [3.63, 3.8) is 0 Å². The molecular formula is C21H24N4O3. The molecule has 0 spiro atoms. The number of aromatic amines is 1. The number of H-pyrrole nitrogens is 1. The predicted molar refractivity (Wildman–Crippen MR) is 104 cm³/mol. The minimum Gasteiger partial charge on any atom is -0.345 e. The molecule has 2 atom stereocenters. The maximum Gasteiger partial charge on any atom is 0.252 e. The van der Waals surface area contributed by atoms with E-state index in [1.54, 1.807) is 11.0 Å². The highest BCUT2D eigenvalue weighted by molar-refractivity contribution is 5.99. The highest BCUT2D eigenvalue weighted by Crippen LogP contribution is 2.33. The highest BCUT2D eigenvalue weighted by atomic mass is 16.2. The first-order valence-corrected chi connectivity index (χ1v) is 9.74. The molecule has 0 aliphatic carbocycles. The largest absolute Gasteiger partial charge is 0.345 e. The normalized spacial score (nSPS) is 21.1. The van der Waals surface area contributed by atoms with Crippen LogP contribution in [-0.4, -0.2) is 33.2 Å². The predicted octanol–water partition coefficient (Wildman–Crippen LogP) is 2.43. The van der Waals surface area contributed by atoms with E-state index in [-0.39, 0.29) is 41.8 Å². The van der Waals surface area contributed by atoms with Crippen molar-refractivity contribution in [1.82, 2.24) is 20.2 Å². The van der Waals surface area contributed by atoms with Crippen LogP contribution in [-0.2, 0) is 4.79 Å². The quantitative estimate of drug-likeness (QED) is 0.852. The number of hydrogen-bond donors (Lipinski definition) is 2. The van der Waals surface area contributed by atoms with Crippen LogP contribution in [0.25, 0.3) is 0 Å². The molecule has 4 rings (SSSR count). The smallest absolute Gasteiger partial charge is 0.252 e. The molecule has 3 heterocycles. The summed E-state index contributed by atoms with van der Waals surface area (Å²) in [6, 6.07) is 8.33. The first kappa shape index (κ1) is 18.4. The van der Waals surface area contributed by atoms with E-state index in [4.69, 9.17) is 0 Å². The minimum absolute atomic E-state index is 0.0397. The van der Waals surface area contributed by atoms with Gasteiger partial charge in [0.1, 0.15) is 5.82 Å². The number of nitrogens with one attached hydrogen (secondary N) is 2. The van der Waals surface area contributed by atoms with Gasteiger partial charge in [0.25, 0.3) is 11.5 Å². The number of likely N-dealkylation sites (tertiary alicyclic amines) is 1. The van der Waals surface area contributed by atoms with Gasteiger partial charge < -0.3 is 15.2 Å². The Hall–Kier alpha value is -2.96. The first-order chi connectivity index (χ1) is 13.4. The summed E-state index contributed by atoms with van der Waals surface area (Å²) in [6.07, 6.45) is 1.83. The topological polar surface area (TPSA) is 95.2 Å². The van der Waals surface area contributed by atoms with Crippen LogP contribution in [0.15, 0.2) is 35.1 Å². The SMILES string of the molecule is CC(C)c1cc(=O)[nH]c([C@@H]2CCCN2C(=O)C[C@H]2NC(=O)c3ccccc32)n1. The van der Waals surface area contributed by atoms with Crippen molar-refractivity contribution in [2.24, 2.45) is 0 Å². The third kappa shape index (κ3) is 3.32. The van der Waals surface area contributed by atoms with Crippen LogP contribution in [0.2, 0.25) is 0 Å². The second kappa shape index (κ2) is 7.22. The van der Waals surface area contributed by atoms with Crippen LogP contribution in [0.5, 0.6) is 0 Å². The van der Waals surface area contributed by atoms with Crippen molar-refractivity contribution in [2.45, 2.75) is 51.1 Å². The fraction of sp³-hybridized carbons (Fsp3) is 0.429. The number of aromatic nitrogens is 2. The van der Waals surface area contributed by atoms with Gasteiger partial charge in [-0.15, -0.1) is 0 Å². The molecule has 0 saturated carbocycles. The van der Waals surface area contributed by atoms with E-state index < -0.39 is 0 Å². The van der Waals surface area contributed by atoms with Crippen molar-refractivity contribution in [3.8, 4) is 0 Å². The lowest BCUT2D eigenvalue weighted by atomic mass is 10.0. The first-order valence-electron chi connectivity index (χ1n) is 9.74. The summed E-state index contributed by atoms with van der Waals surface area (Å²) in [6.45, 7) is 4.61. The number of benzene rings is 1. The van der Waals surface area contributed by atoms with Gasteiger partial charge in [0.2, 0.25) is 5.91 Å². The van der Waals surface area contributed by atoms with Gasteiger partial charge in [-0.05, 0) is 30.4 Å². The molecule has 146 valence electrons. The lowest BCUT2D eigenvalue weighted by molar-refractivity contribution is -0.132. The van der Waals surface area contributed by atoms with E-state index >= 15 is 0 Å². The monoisotopic (exact) mass is 380 g/mol. The van der Waals surface area contributed by atoms with Gasteiger partial charge in [0.05, 0.1) is 24.2 Å². The van der Waals surface area contributed by atoms with E-state index in [0.717, 1.165) is 24.1 Å². The van der Waals surface area contributed by atoms with Crippen molar-refractivity contribution in [2.75, 3.05) is 6.54 Å². The summed E-state index contributed by atoms with van der Waals surface area (Å²) in [5.74, 6) is 0.513. The number of rotatable bonds is 4. The maximum atomic E-state index is 13.1. The van der Waals surface area contributed by atoms with Gasteiger partial charge in [0.15, 0.2) is 0 Å². The number of hydrogen-bond acceptors (Lipinski definition) is 4. The molecule has 0 radical (unpaired) electrons. The molecule has 1 aromatic heterocycles. The van der Waals surface area contributed by atoms with E-state index in [1.807, 2.05) is 32.0 Å². The molecule has 7 heteroatoms. The summed E-state index contributed by atoms with van der Waals surface area (Å²) >= 11 is 0. The molecule has 2 amide bonds. The molecule has 7 nitrogen and oxygen atoms in total. The number of amides is 2. The van der Waals surface area contributed by atoms with Crippen molar-refractivity contribution in [1.29, 1.82) is 0 Å². The fourth-order valence-corrected chi connectivity index (χ4v) is 4.07. The maximum absolute atomic E-state index is 13.1. The third-order valence-electron chi connectivity index (χ3n) is 5.53. The Balaban J connectivity index is 1.55. The number of nitrogens with zero attached hydrogens (tertiary/aromatic N) is 2. The Labute approximate surface area is 163 Å². The van der Waals surface area contributed by atoms with E-state index in [2.05, 4.69) is 15.3 Å². The van der Waals surface area contributed by atoms with Crippen LogP contribution >= 0.6 is 0 Å². The van der Waals surface area contributed by atoms with Gasteiger partial charge in [-0.1, -0.05) is 32.0 Å². The standard InChI is InChI=1S/C21H24N4O3/c1-12(2)15-10-18(26)24-20(22-15)17-8-5-9-25(17)19(27)11-16-13-6-3-4-7-14(13)21(28)23-16/h3-4,6-7,10,12,16-17H,5,8-9,11H2,1-2H3,(H,23,28)(H,22,24,26)/t16-,17+/m1/s1. The minimum atomic E-state index is -0.313. The van der Waals surface area contributed by atoms with E-state index in [9.17, 15) is 14.4 Å². The van der Waals surface area contributed by atoms with Crippen LogP contribution in [0.1, 0.15) is 78.6 Å². The van der Waals surface area contributed by atoms with E-state index in [1.165, 1.54) is 6.07 Å². The van der Waals surface area contributed by atoms with E-state index in [0.29, 0.717) is 17.9 Å². The third-order valence-corrected chi connectivity index (χ3v) is 5.53. The van der Waals surface area contributed by atoms with Crippen molar-refractivity contribution in [3.05, 3.63) is 63.3 Å². The summed E-state index contributed by atoms with van der Waals surface area (Å²) in [7, 11) is 0. The molecule has 0 bridgehead atoms. The Bertz CT molecular complexity index is 982. The molecule has 1 fully saturated rings. The fourth-order valence-electron chi connectivity index (χ4n) is 4.07. The van der Waals surface area contributed by atoms with Crippen LogP contribution in [0.3, 0.4) is 0 Å². The van der Waals surface area contributed by atoms with Gasteiger partial charge in [-0.3, -0.25) is 14.4 Å². The molecule has 2 N–H and O–H groups in total. The Morgan fingerprint density at radius 1 is 1.29 bits per heavy atom. The Morgan fingerprint density at radius 2 is 2.07 bits per heavy atom. The van der Waals surface area contributed by atoms with Crippen LogP contribution in [0.4, 0.5) is 0 Å². The Morgan fingerprint density at radius 3 is 2.86 bits per heavy atom. The zero-order chi connectivity index (χ0) is 19.8. The highest BCUT2D eigenvalue weighted by Gasteiger charge is 2.36. The van der Waals surface area contributed by atoms with Crippen molar-refractivity contribution >= 4 is 11.8 Å². The molecule has 2 aliphatic rings. The summed E-state index contributed by atoms with van der Waals surface area (Å²) < 4.78 is 0. The average Bonchev–Trinajstić information content (AvgIpc) is 3.27. The average molecular weight is 380 g/mol. The summed E-state index contributed by atoms with van der Waals surface area (Å²) in [4.78, 5) is 46.4. The molecule has 0 unspecified atom stereocenters. The van der Waals surface area contributed by atoms with Gasteiger partial charge in [-0.2, -0.15) is 0 Å². The second-order valence-corrected chi connectivity index (χ2v) is 7.77. The second-order valence-electron chi connectivity index (χ2n) is 7.77. The summed E-state index contributed by atoms with van der Waals surface area (Å²) in [5, 5.41) is 2.90. The van der Waals surface area contributed by atoms with Crippen molar-refractivity contribution < 1.29 is 9.59 Å². The molecule has 2 aromatic rings. The van der Waals surface area contributed by atoms with Crippen LogP contribution in [0, 0.1) is 0 Å². The summed E-state index contributed by atoms with van der Waals surface area (Å²) in [5.41, 5.74) is 2.04. The molecular weight excluding hydrogens is 356 g/mol. The molecule has 1 aromatic carbocycles. The zero-order valence-corrected chi connectivity index (χ0v) is 16.1. The lowest BCUT2D eigenvalue weighted by Crippen LogP contribution is -2.35. The Kier molecular flexibility index (Phi) is 4.75. The number of fused-ring (bicyclic) bond motifs is 1. The number of carbonyl (C=O) groups excluding carboxylic acids is 2. The number of carbonyl (C=O) groups is 2. The lowest BCUT2D eigenvalue weighted by Gasteiger charge is -2.26. The van der Waals surface area contributed by atoms with Gasteiger partial charge >= 0.3 is 0 Å². The molecule has 1 saturated heterocycles. The molecule has 2 aliphatic heterocycles. The van der Waals surface area contributed by atoms with Gasteiger partial charge in [-0.25, -0.2) is 4.98 Å². The molecule has 28 heavy (non-hydrogen) atoms. The van der Waals surface area contributed by atoms with Crippen LogP contribution < -0.4 is 10.9 Å². The zero-order valence-electron chi connectivity index (χ0n) is 16.1.